The second kappa shape index (κ2) is 5.26. The molecule has 6 nitrogen and oxygen atoms in total. The number of thioether (sulfide) groups is 1. The second-order valence-electron chi connectivity index (χ2n) is 3.68. The minimum atomic E-state index is -0.475. The third kappa shape index (κ3) is 2.56. The number of hydrogen-bond donors (Lipinski definition) is 0. The standard InChI is InChI=1S/C11H13N3O3S/c1-7(18-11-13-12-6-14(11)2)8-4-5-9(17-8)10(15)16-3/h4-7H,1-3H3. The molecule has 18 heavy (non-hydrogen) atoms. The van der Waals surface area contributed by atoms with Crippen molar-refractivity contribution in [3.8, 4) is 0 Å². The summed E-state index contributed by atoms with van der Waals surface area (Å²) in [7, 11) is 3.19. The second-order valence-corrected chi connectivity index (χ2v) is 4.99. The van der Waals surface area contributed by atoms with E-state index in [0.29, 0.717) is 5.76 Å². The predicted octanol–water partition coefficient (Wildman–Crippen LogP) is 2.05. The minimum absolute atomic E-state index is 0.0336. The van der Waals surface area contributed by atoms with Gasteiger partial charge < -0.3 is 13.7 Å². The maximum Gasteiger partial charge on any atom is 0.373 e. The number of hydrogen-bond acceptors (Lipinski definition) is 6. The fourth-order valence-corrected chi connectivity index (χ4v) is 2.24. The summed E-state index contributed by atoms with van der Waals surface area (Å²) < 4.78 is 11.8. The van der Waals surface area contributed by atoms with Crippen LogP contribution in [0.5, 0.6) is 0 Å². The van der Waals surface area contributed by atoms with Crippen molar-refractivity contribution in [3.05, 3.63) is 30.0 Å². The van der Waals surface area contributed by atoms with Gasteiger partial charge in [0.2, 0.25) is 5.76 Å². The molecular formula is C11H13N3O3S. The summed E-state index contributed by atoms with van der Waals surface area (Å²) in [5, 5.41) is 8.61. The van der Waals surface area contributed by atoms with Crippen molar-refractivity contribution in [2.45, 2.75) is 17.3 Å². The molecule has 0 saturated carbocycles. The zero-order valence-corrected chi connectivity index (χ0v) is 11.1. The number of carbonyl (C=O) groups is 1. The summed E-state index contributed by atoms with van der Waals surface area (Å²) in [5.74, 6) is 0.429. The van der Waals surface area contributed by atoms with Crippen LogP contribution >= 0.6 is 11.8 Å². The average molecular weight is 267 g/mol. The van der Waals surface area contributed by atoms with Crippen molar-refractivity contribution >= 4 is 17.7 Å². The SMILES string of the molecule is COC(=O)c1ccc(C(C)Sc2nncn2C)o1. The van der Waals surface area contributed by atoms with E-state index in [2.05, 4.69) is 14.9 Å². The third-order valence-electron chi connectivity index (χ3n) is 2.37. The molecule has 2 aromatic heterocycles. The topological polar surface area (TPSA) is 70.2 Å². The molecule has 0 aliphatic heterocycles. The van der Waals surface area contributed by atoms with Crippen molar-refractivity contribution in [3.63, 3.8) is 0 Å². The predicted molar refractivity (Wildman–Crippen MR) is 65.3 cm³/mol. The Kier molecular flexibility index (Phi) is 3.71. The van der Waals surface area contributed by atoms with Crippen molar-refractivity contribution in [1.82, 2.24) is 14.8 Å². The first-order valence-corrected chi connectivity index (χ1v) is 6.18. The number of methoxy groups -OCH3 is 1. The first-order valence-electron chi connectivity index (χ1n) is 5.30. The van der Waals surface area contributed by atoms with Gasteiger partial charge in [-0.05, 0) is 19.1 Å². The molecule has 0 N–H and O–H groups in total. The summed E-state index contributed by atoms with van der Waals surface area (Å²) in [5.41, 5.74) is 0. The molecule has 2 aromatic rings. The quantitative estimate of drug-likeness (QED) is 0.623. The van der Waals surface area contributed by atoms with Gasteiger partial charge in [0.15, 0.2) is 5.16 Å². The van der Waals surface area contributed by atoms with Gasteiger partial charge in [0.25, 0.3) is 0 Å². The van der Waals surface area contributed by atoms with Gasteiger partial charge in [-0.2, -0.15) is 0 Å². The highest BCUT2D eigenvalue weighted by Crippen LogP contribution is 2.34. The fourth-order valence-electron chi connectivity index (χ4n) is 1.38. The van der Waals surface area contributed by atoms with Crippen LogP contribution in [0.1, 0.15) is 28.5 Å². The van der Waals surface area contributed by atoms with E-state index in [1.54, 1.807) is 18.5 Å². The average Bonchev–Trinajstić information content (AvgIpc) is 2.98. The molecule has 0 amide bonds. The molecule has 0 aliphatic carbocycles. The summed E-state index contributed by atoms with van der Waals surface area (Å²) in [6, 6.07) is 3.37. The zero-order valence-electron chi connectivity index (χ0n) is 10.3. The Bertz CT molecular complexity index is 549. The van der Waals surface area contributed by atoms with Gasteiger partial charge in [0.1, 0.15) is 12.1 Å². The molecule has 2 heterocycles. The van der Waals surface area contributed by atoms with E-state index in [-0.39, 0.29) is 11.0 Å². The summed E-state index contributed by atoms with van der Waals surface area (Å²) in [6.07, 6.45) is 1.64. The Balaban J connectivity index is 2.10. The Morgan fingerprint density at radius 1 is 1.56 bits per heavy atom. The van der Waals surface area contributed by atoms with Gasteiger partial charge in [-0.1, -0.05) is 11.8 Å². The normalized spacial score (nSPS) is 12.4. The van der Waals surface area contributed by atoms with Gasteiger partial charge in [-0.15, -0.1) is 10.2 Å². The molecule has 1 unspecified atom stereocenters. The number of aryl methyl sites for hydroxylation is 1. The van der Waals surface area contributed by atoms with Crippen LogP contribution in [0.15, 0.2) is 28.0 Å². The Morgan fingerprint density at radius 2 is 2.33 bits per heavy atom. The molecule has 0 spiro atoms. The largest absolute Gasteiger partial charge is 0.463 e. The van der Waals surface area contributed by atoms with Crippen molar-refractivity contribution < 1.29 is 13.9 Å². The number of ether oxygens (including phenoxy) is 1. The maximum atomic E-state index is 11.3. The van der Waals surface area contributed by atoms with Crippen molar-refractivity contribution in [2.75, 3.05) is 7.11 Å². The van der Waals surface area contributed by atoms with E-state index >= 15 is 0 Å². The summed E-state index contributed by atoms with van der Waals surface area (Å²) in [4.78, 5) is 11.3. The monoisotopic (exact) mass is 267 g/mol. The molecule has 0 bridgehead atoms. The minimum Gasteiger partial charge on any atom is -0.463 e. The Hall–Kier alpha value is -1.76. The molecule has 0 aliphatic rings. The smallest absolute Gasteiger partial charge is 0.373 e. The molecule has 0 fully saturated rings. The highest BCUT2D eigenvalue weighted by molar-refractivity contribution is 7.99. The molecule has 7 heteroatoms. The van der Waals surface area contributed by atoms with Crippen molar-refractivity contribution in [1.29, 1.82) is 0 Å². The lowest BCUT2D eigenvalue weighted by atomic mass is 10.3. The van der Waals surface area contributed by atoms with Crippen LogP contribution in [-0.2, 0) is 11.8 Å². The zero-order chi connectivity index (χ0) is 13.1. The molecular weight excluding hydrogens is 254 g/mol. The summed E-state index contributed by atoms with van der Waals surface area (Å²) in [6.45, 7) is 1.97. The van der Waals surface area contributed by atoms with E-state index in [0.717, 1.165) is 5.16 Å². The van der Waals surface area contributed by atoms with Crippen LogP contribution in [0.3, 0.4) is 0 Å². The van der Waals surface area contributed by atoms with Crippen LogP contribution < -0.4 is 0 Å². The fraction of sp³-hybridized carbons (Fsp3) is 0.364. The molecule has 1 atom stereocenters. The van der Waals surface area contributed by atoms with Crippen LogP contribution in [-0.4, -0.2) is 27.8 Å². The number of rotatable bonds is 4. The van der Waals surface area contributed by atoms with E-state index < -0.39 is 5.97 Å². The van der Waals surface area contributed by atoms with Gasteiger partial charge in [0.05, 0.1) is 12.4 Å². The maximum absolute atomic E-state index is 11.3. The van der Waals surface area contributed by atoms with Gasteiger partial charge >= 0.3 is 5.97 Å². The lowest BCUT2D eigenvalue weighted by Crippen LogP contribution is -1.98. The van der Waals surface area contributed by atoms with Crippen LogP contribution in [0.4, 0.5) is 0 Å². The number of nitrogens with zero attached hydrogens (tertiary/aromatic N) is 3. The molecule has 0 radical (unpaired) electrons. The number of aromatic nitrogens is 3. The molecule has 0 saturated heterocycles. The first kappa shape index (κ1) is 12.7. The molecule has 2 rings (SSSR count). The molecule has 96 valence electrons. The Morgan fingerprint density at radius 3 is 2.94 bits per heavy atom. The van der Waals surface area contributed by atoms with Crippen LogP contribution in [0, 0.1) is 0 Å². The van der Waals surface area contributed by atoms with Crippen molar-refractivity contribution in [2.24, 2.45) is 7.05 Å². The van der Waals surface area contributed by atoms with E-state index in [1.807, 2.05) is 18.5 Å². The highest BCUT2D eigenvalue weighted by Gasteiger charge is 2.17. The Labute approximate surface area is 108 Å². The van der Waals surface area contributed by atoms with Crippen LogP contribution in [0.2, 0.25) is 0 Å². The number of furan rings is 1. The summed E-state index contributed by atoms with van der Waals surface area (Å²) >= 11 is 1.51. The number of esters is 1. The number of carbonyl (C=O) groups excluding carboxylic acids is 1. The highest BCUT2D eigenvalue weighted by atomic mass is 32.2. The van der Waals surface area contributed by atoms with Gasteiger partial charge in [-0.25, -0.2) is 4.79 Å². The first-order chi connectivity index (χ1) is 8.61. The van der Waals surface area contributed by atoms with E-state index in [4.69, 9.17) is 4.42 Å². The third-order valence-corrected chi connectivity index (χ3v) is 3.53. The van der Waals surface area contributed by atoms with E-state index in [9.17, 15) is 4.79 Å². The lowest BCUT2D eigenvalue weighted by Gasteiger charge is -2.06. The van der Waals surface area contributed by atoms with Gasteiger partial charge in [-0.3, -0.25) is 0 Å². The van der Waals surface area contributed by atoms with Gasteiger partial charge in [0, 0.05) is 7.05 Å². The van der Waals surface area contributed by atoms with Crippen LogP contribution in [0.25, 0.3) is 0 Å². The molecule has 0 aromatic carbocycles. The van der Waals surface area contributed by atoms with E-state index in [1.165, 1.54) is 18.9 Å². The lowest BCUT2D eigenvalue weighted by molar-refractivity contribution is 0.0563.